The first kappa shape index (κ1) is 16.7. The van der Waals surface area contributed by atoms with Gasteiger partial charge in [-0.1, -0.05) is 54.5 Å². The fraction of sp³-hybridized carbons (Fsp3) is 0.318. The molecule has 0 aromatic heterocycles. The molecule has 0 unspecified atom stereocenters. The third-order valence-electron chi connectivity index (χ3n) is 5.62. The van der Waals surface area contributed by atoms with Crippen molar-refractivity contribution in [3.05, 3.63) is 59.7 Å². The second-order valence-electron chi connectivity index (χ2n) is 7.23. The molecule has 4 nitrogen and oxygen atoms in total. The number of nitrogens with zero attached hydrogens (tertiary/aromatic N) is 2. The molecular weight excluding hydrogens is 324 g/mol. The maximum atomic E-state index is 12.4. The number of benzene rings is 2. The van der Waals surface area contributed by atoms with Crippen LogP contribution in [0.15, 0.2) is 48.5 Å². The average molecular weight is 346 g/mol. The Labute approximate surface area is 154 Å². The van der Waals surface area contributed by atoms with Crippen LogP contribution in [0.3, 0.4) is 0 Å². The number of fused-ring (bicyclic) bond motifs is 3. The van der Waals surface area contributed by atoms with Crippen LogP contribution in [0.25, 0.3) is 11.1 Å². The molecule has 1 aliphatic carbocycles. The minimum atomic E-state index is -0.369. The second-order valence-corrected chi connectivity index (χ2v) is 7.23. The summed E-state index contributed by atoms with van der Waals surface area (Å²) in [5, 5.41) is 0. The van der Waals surface area contributed by atoms with Crippen molar-refractivity contribution < 1.29 is 9.53 Å². The van der Waals surface area contributed by atoms with Crippen molar-refractivity contribution in [1.82, 2.24) is 9.80 Å². The van der Waals surface area contributed by atoms with Crippen molar-refractivity contribution in [2.24, 2.45) is 0 Å². The predicted molar refractivity (Wildman–Crippen MR) is 102 cm³/mol. The predicted octanol–water partition coefficient (Wildman–Crippen LogP) is 3.18. The van der Waals surface area contributed by atoms with Gasteiger partial charge in [0.2, 0.25) is 0 Å². The summed E-state index contributed by atoms with van der Waals surface area (Å²) in [5.41, 5.74) is 4.53. The number of hydrogen-bond donors (Lipinski definition) is 0. The highest BCUT2D eigenvalue weighted by Gasteiger charge is 2.46. The molecule has 2 aliphatic rings. The minimum Gasteiger partial charge on any atom is -0.448 e. The minimum absolute atomic E-state index is 0.0823. The topological polar surface area (TPSA) is 32.8 Å². The van der Waals surface area contributed by atoms with Crippen LogP contribution in [0, 0.1) is 12.3 Å². The normalized spacial score (nSPS) is 17.2. The largest absolute Gasteiger partial charge is 0.448 e. The smallest absolute Gasteiger partial charge is 0.409 e. The molecule has 2 aromatic carbocycles. The van der Waals surface area contributed by atoms with Crippen molar-refractivity contribution in [2.75, 3.05) is 33.8 Å². The van der Waals surface area contributed by atoms with E-state index in [9.17, 15) is 4.79 Å². The molecule has 4 heteroatoms. The summed E-state index contributed by atoms with van der Waals surface area (Å²) < 4.78 is 5.66. The Morgan fingerprint density at radius 2 is 1.69 bits per heavy atom. The molecular formula is C22H22N2O2. The lowest BCUT2D eigenvalue weighted by Gasteiger charge is -2.49. The van der Waals surface area contributed by atoms with Gasteiger partial charge >= 0.3 is 6.09 Å². The molecule has 2 aromatic rings. The number of carbonyl (C=O) groups excluding carboxylic acids is 1. The Morgan fingerprint density at radius 3 is 2.19 bits per heavy atom. The van der Waals surface area contributed by atoms with E-state index in [2.05, 4.69) is 30.2 Å². The number of terminal acetylenes is 1. The Morgan fingerprint density at radius 1 is 1.15 bits per heavy atom. The number of rotatable bonds is 3. The summed E-state index contributed by atoms with van der Waals surface area (Å²) in [6.45, 7) is 1.36. The molecule has 4 rings (SSSR count). The number of hydrogen-bond acceptors (Lipinski definition) is 3. The molecule has 1 saturated heterocycles. The van der Waals surface area contributed by atoms with Crippen LogP contribution in [0.5, 0.6) is 0 Å². The molecule has 0 atom stereocenters. The highest BCUT2D eigenvalue weighted by molar-refractivity contribution is 5.79. The van der Waals surface area contributed by atoms with Crippen molar-refractivity contribution in [1.29, 1.82) is 0 Å². The van der Waals surface area contributed by atoms with Crippen LogP contribution < -0.4 is 0 Å². The highest BCUT2D eigenvalue weighted by atomic mass is 16.6. The molecule has 132 valence electrons. The Balaban J connectivity index is 1.46. The number of likely N-dealkylation sites (tertiary alicyclic amines) is 1. The number of amides is 1. The maximum absolute atomic E-state index is 12.4. The van der Waals surface area contributed by atoms with E-state index in [-0.39, 0.29) is 17.6 Å². The number of ether oxygens (including phenoxy) is 1. The molecule has 1 fully saturated rings. The number of likely N-dealkylation sites (N-methyl/N-ethyl adjacent to an activating group) is 1. The van der Waals surface area contributed by atoms with Crippen molar-refractivity contribution in [3.63, 3.8) is 0 Å². The van der Waals surface area contributed by atoms with Crippen LogP contribution in [0.2, 0.25) is 0 Å². The first-order chi connectivity index (χ1) is 12.6. The quantitative estimate of drug-likeness (QED) is 0.800. The maximum Gasteiger partial charge on any atom is 0.409 e. The van der Waals surface area contributed by atoms with Gasteiger partial charge in [-0.3, -0.25) is 4.90 Å². The third kappa shape index (κ3) is 2.48. The van der Waals surface area contributed by atoms with Crippen LogP contribution in [-0.2, 0) is 4.74 Å². The lowest BCUT2D eigenvalue weighted by atomic mass is 9.90. The van der Waals surface area contributed by atoms with Gasteiger partial charge in [0.05, 0.1) is 13.1 Å². The van der Waals surface area contributed by atoms with Crippen LogP contribution >= 0.6 is 0 Å². The molecule has 0 radical (unpaired) electrons. The molecule has 1 aliphatic heterocycles. The van der Waals surface area contributed by atoms with E-state index in [4.69, 9.17) is 11.2 Å². The first-order valence-corrected chi connectivity index (χ1v) is 8.81. The molecule has 0 bridgehead atoms. The van der Waals surface area contributed by atoms with E-state index in [1.165, 1.54) is 22.3 Å². The van der Waals surface area contributed by atoms with Crippen molar-refractivity contribution in [2.45, 2.75) is 11.5 Å². The van der Waals surface area contributed by atoms with Gasteiger partial charge in [-0.25, -0.2) is 4.79 Å². The van der Waals surface area contributed by atoms with Crippen molar-refractivity contribution >= 4 is 6.09 Å². The van der Waals surface area contributed by atoms with Gasteiger partial charge in [-0.2, -0.15) is 0 Å². The van der Waals surface area contributed by atoms with E-state index in [0.717, 1.165) is 0 Å². The van der Waals surface area contributed by atoms with E-state index in [1.807, 2.05) is 43.3 Å². The number of carbonyl (C=O) groups is 1. The molecule has 0 N–H and O–H groups in total. The Kier molecular flexibility index (Phi) is 3.97. The van der Waals surface area contributed by atoms with Gasteiger partial charge in [0.1, 0.15) is 12.1 Å². The lowest BCUT2D eigenvalue weighted by Crippen LogP contribution is -2.69. The summed E-state index contributed by atoms with van der Waals surface area (Å²) in [6.07, 6.45) is 5.35. The van der Waals surface area contributed by atoms with Gasteiger partial charge in [0.25, 0.3) is 0 Å². The fourth-order valence-electron chi connectivity index (χ4n) is 3.90. The standard InChI is InChI=1S/C22H22N2O2/c1-4-22(23(2)3)14-24(15-22)21(25)26-13-20-18-11-7-5-9-16(18)17-10-6-8-12-19(17)20/h1,5-12,20H,13-15H2,2-3H3. The molecule has 1 amide bonds. The Hall–Kier alpha value is -2.77. The van der Waals surface area contributed by atoms with Gasteiger partial charge < -0.3 is 9.64 Å². The SMILES string of the molecule is C#CC1(N(C)C)CN(C(=O)OCC2c3ccccc3-c3ccccc32)C1. The second kappa shape index (κ2) is 6.19. The average Bonchev–Trinajstić information content (AvgIpc) is 2.93. The lowest BCUT2D eigenvalue weighted by molar-refractivity contribution is 0.00563. The summed E-state index contributed by atoms with van der Waals surface area (Å²) >= 11 is 0. The van der Waals surface area contributed by atoms with Gasteiger partial charge in [0, 0.05) is 5.92 Å². The van der Waals surface area contributed by atoms with Crippen LogP contribution in [0.1, 0.15) is 17.0 Å². The van der Waals surface area contributed by atoms with Gasteiger partial charge in [0.15, 0.2) is 0 Å². The van der Waals surface area contributed by atoms with Gasteiger partial charge in [-0.15, -0.1) is 6.42 Å². The van der Waals surface area contributed by atoms with Crippen LogP contribution in [0.4, 0.5) is 4.79 Å². The molecule has 0 spiro atoms. The summed E-state index contributed by atoms with van der Waals surface area (Å²) in [5.74, 6) is 2.88. The molecule has 0 saturated carbocycles. The zero-order valence-electron chi connectivity index (χ0n) is 15.1. The zero-order valence-corrected chi connectivity index (χ0v) is 15.1. The van der Waals surface area contributed by atoms with E-state index >= 15 is 0 Å². The Bertz CT molecular complexity index is 846. The summed E-state index contributed by atoms with van der Waals surface area (Å²) in [6, 6.07) is 16.7. The zero-order chi connectivity index (χ0) is 18.3. The van der Waals surface area contributed by atoms with Gasteiger partial charge in [-0.05, 0) is 36.3 Å². The monoisotopic (exact) mass is 346 g/mol. The third-order valence-corrected chi connectivity index (χ3v) is 5.62. The first-order valence-electron chi connectivity index (χ1n) is 8.81. The van der Waals surface area contributed by atoms with E-state index in [0.29, 0.717) is 19.7 Å². The highest BCUT2D eigenvalue weighted by Crippen LogP contribution is 2.44. The fourth-order valence-corrected chi connectivity index (χ4v) is 3.90. The van der Waals surface area contributed by atoms with Crippen molar-refractivity contribution in [3.8, 4) is 23.5 Å². The molecule has 26 heavy (non-hydrogen) atoms. The molecule has 1 heterocycles. The summed E-state index contributed by atoms with van der Waals surface area (Å²) in [7, 11) is 3.88. The van der Waals surface area contributed by atoms with Crippen LogP contribution in [-0.4, -0.2) is 55.2 Å². The van der Waals surface area contributed by atoms with E-state index in [1.54, 1.807) is 4.90 Å². The van der Waals surface area contributed by atoms with E-state index < -0.39 is 0 Å². The summed E-state index contributed by atoms with van der Waals surface area (Å²) in [4.78, 5) is 16.1.